The molecule has 0 unspecified atom stereocenters. The SMILES string of the molecule is Cc1cc(I)c(OC(F)(F)F)c(C(=O)Cl)n1. The Hall–Kier alpha value is -0.570. The van der Waals surface area contributed by atoms with Crippen LogP contribution < -0.4 is 4.74 Å². The Balaban J connectivity index is 3.30. The van der Waals surface area contributed by atoms with Gasteiger partial charge in [0, 0.05) is 5.69 Å². The third-order valence-electron chi connectivity index (χ3n) is 1.46. The van der Waals surface area contributed by atoms with Gasteiger partial charge in [-0.1, -0.05) is 0 Å². The molecule has 1 rings (SSSR count). The highest BCUT2D eigenvalue weighted by atomic mass is 127. The number of hydrogen-bond donors (Lipinski definition) is 0. The quantitative estimate of drug-likeness (QED) is 0.596. The number of hydrogen-bond acceptors (Lipinski definition) is 3. The van der Waals surface area contributed by atoms with Gasteiger partial charge in [0.15, 0.2) is 11.4 Å². The van der Waals surface area contributed by atoms with Crippen LogP contribution in [-0.2, 0) is 0 Å². The van der Waals surface area contributed by atoms with Gasteiger partial charge in [0.1, 0.15) is 0 Å². The summed E-state index contributed by atoms with van der Waals surface area (Å²) >= 11 is 6.74. The van der Waals surface area contributed by atoms with Crippen molar-refractivity contribution in [1.29, 1.82) is 0 Å². The summed E-state index contributed by atoms with van der Waals surface area (Å²) in [7, 11) is 0. The second kappa shape index (κ2) is 4.74. The molecule has 0 aliphatic heterocycles. The number of carbonyl (C=O) groups is 1. The van der Waals surface area contributed by atoms with Crippen LogP contribution in [0.25, 0.3) is 0 Å². The minimum absolute atomic E-state index is 0.117. The Morgan fingerprint density at radius 1 is 1.56 bits per heavy atom. The van der Waals surface area contributed by atoms with E-state index in [-0.39, 0.29) is 3.57 Å². The van der Waals surface area contributed by atoms with Gasteiger partial charge in [0.2, 0.25) is 0 Å². The maximum absolute atomic E-state index is 12.1. The maximum atomic E-state index is 12.1. The van der Waals surface area contributed by atoms with E-state index in [0.29, 0.717) is 5.69 Å². The Morgan fingerprint density at radius 2 is 2.12 bits per heavy atom. The van der Waals surface area contributed by atoms with Crippen LogP contribution in [0.1, 0.15) is 16.2 Å². The van der Waals surface area contributed by atoms with Crippen LogP contribution in [0.3, 0.4) is 0 Å². The molecule has 0 bridgehead atoms. The normalized spacial score (nSPS) is 11.4. The van der Waals surface area contributed by atoms with Crippen LogP contribution in [0.2, 0.25) is 0 Å². The van der Waals surface area contributed by atoms with E-state index >= 15 is 0 Å². The molecular formula is C8H4ClF3INO2. The molecule has 16 heavy (non-hydrogen) atoms. The van der Waals surface area contributed by atoms with Crippen molar-refractivity contribution < 1.29 is 22.7 Å². The average Bonchev–Trinajstić information content (AvgIpc) is 2.07. The molecule has 88 valence electrons. The summed E-state index contributed by atoms with van der Waals surface area (Å²) in [5.74, 6) is -0.668. The van der Waals surface area contributed by atoms with Gasteiger partial charge >= 0.3 is 6.36 Å². The monoisotopic (exact) mass is 365 g/mol. The predicted octanol–water partition coefficient (Wildman–Crippen LogP) is 3.27. The largest absolute Gasteiger partial charge is 0.573 e. The predicted molar refractivity (Wildman–Crippen MR) is 58.6 cm³/mol. The zero-order valence-corrected chi connectivity index (χ0v) is 10.6. The number of carbonyl (C=O) groups excluding carboxylic acids is 1. The van der Waals surface area contributed by atoms with Crippen LogP contribution >= 0.6 is 34.2 Å². The number of pyridine rings is 1. The molecule has 8 heteroatoms. The lowest BCUT2D eigenvalue weighted by Crippen LogP contribution is -2.20. The van der Waals surface area contributed by atoms with Crippen molar-refractivity contribution in [2.24, 2.45) is 0 Å². The molecule has 0 fully saturated rings. The van der Waals surface area contributed by atoms with E-state index in [1.165, 1.54) is 13.0 Å². The zero-order chi connectivity index (χ0) is 12.5. The van der Waals surface area contributed by atoms with Gasteiger partial charge < -0.3 is 4.74 Å². The molecule has 0 saturated heterocycles. The van der Waals surface area contributed by atoms with E-state index in [1.807, 2.05) is 0 Å². The molecule has 0 aliphatic carbocycles. The van der Waals surface area contributed by atoms with Crippen LogP contribution in [-0.4, -0.2) is 16.6 Å². The standard InChI is InChI=1S/C8H4ClF3INO2/c1-3-2-4(13)6(16-8(10,11)12)5(14-3)7(9)15/h2H,1H3. The van der Waals surface area contributed by atoms with E-state index in [9.17, 15) is 18.0 Å². The number of alkyl halides is 3. The van der Waals surface area contributed by atoms with Crippen molar-refractivity contribution in [1.82, 2.24) is 4.98 Å². The summed E-state index contributed by atoms with van der Waals surface area (Å²) < 4.78 is 40.0. The highest BCUT2D eigenvalue weighted by Gasteiger charge is 2.34. The Kier molecular flexibility index (Phi) is 4.00. The number of aromatic nitrogens is 1. The van der Waals surface area contributed by atoms with Gasteiger partial charge in [0.25, 0.3) is 5.24 Å². The molecule has 0 saturated carbocycles. The lowest BCUT2D eigenvalue weighted by molar-refractivity contribution is -0.275. The van der Waals surface area contributed by atoms with Crippen molar-refractivity contribution in [2.75, 3.05) is 0 Å². The van der Waals surface area contributed by atoms with Gasteiger partial charge in [-0.15, -0.1) is 13.2 Å². The fourth-order valence-corrected chi connectivity index (χ4v) is 1.91. The topological polar surface area (TPSA) is 39.2 Å². The average molecular weight is 365 g/mol. The smallest absolute Gasteiger partial charge is 0.402 e. The van der Waals surface area contributed by atoms with Crippen molar-refractivity contribution in [3.63, 3.8) is 0 Å². The first kappa shape index (κ1) is 13.5. The van der Waals surface area contributed by atoms with Crippen molar-refractivity contribution >= 4 is 39.4 Å². The molecule has 0 N–H and O–H groups in total. The van der Waals surface area contributed by atoms with Crippen molar-refractivity contribution in [2.45, 2.75) is 13.3 Å². The molecule has 0 aliphatic rings. The molecule has 0 aromatic carbocycles. The molecule has 3 nitrogen and oxygen atoms in total. The van der Waals surface area contributed by atoms with E-state index in [4.69, 9.17) is 11.6 Å². The first-order valence-electron chi connectivity index (χ1n) is 3.83. The second-order valence-electron chi connectivity index (χ2n) is 2.74. The summed E-state index contributed by atoms with van der Waals surface area (Å²) in [6.45, 7) is 1.53. The molecule has 1 heterocycles. The molecule has 0 amide bonds. The highest BCUT2D eigenvalue weighted by molar-refractivity contribution is 14.1. The van der Waals surface area contributed by atoms with E-state index in [2.05, 4.69) is 9.72 Å². The minimum Gasteiger partial charge on any atom is -0.402 e. The lowest BCUT2D eigenvalue weighted by atomic mass is 10.3. The Morgan fingerprint density at radius 3 is 2.56 bits per heavy atom. The fraction of sp³-hybridized carbons (Fsp3) is 0.250. The van der Waals surface area contributed by atoms with Gasteiger partial charge in [-0.3, -0.25) is 4.79 Å². The summed E-state index contributed by atoms with van der Waals surface area (Å²) in [4.78, 5) is 14.5. The molecular weight excluding hydrogens is 361 g/mol. The van der Waals surface area contributed by atoms with E-state index in [0.717, 1.165) is 0 Å². The third kappa shape index (κ3) is 3.48. The number of aryl methyl sites for hydroxylation is 1. The fourth-order valence-electron chi connectivity index (χ4n) is 0.967. The molecule has 0 atom stereocenters. The second-order valence-corrected chi connectivity index (χ2v) is 4.25. The number of ether oxygens (including phenoxy) is 1. The minimum atomic E-state index is -4.89. The summed E-state index contributed by atoms with van der Waals surface area (Å²) in [5, 5.41) is -1.10. The maximum Gasteiger partial charge on any atom is 0.573 e. The van der Waals surface area contributed by atoms with Gasteiger partial charge in [0.05, 0.1) is 3.57 Å². The van der Waals surface area contributed by atoms with Crippen LogP contribution in [0.4, 0.5) is 13.2 Å². The van der Waals surface area contributed by atoms with Gasteiger partial charge in [-0.2, -0.15) is 0 Å². The number of rotatable bonds is 2. The molecule has 0 radical (unpaired) electrons. The third-order valence-corrected chi connectivity index (χ3v) is 2.44. The molecule has 0 spiro atoms. The first-order chi connectivity index (χ1) is 7.20. The summed E-state index contributed by atoms with van der Waals surface area (Å²) in [6.07, 6.45) is -4.89. The number of nitrogens with zero attached hydrogens (tertiary/aromatic N) is 1. The van der Waals surface area contributed by atoms with Gasteiger partial charge in [-0.25, -0.2) is 4.98 Å². The van der Waals surface area contributed by atoms with E-state index in [1.54, 1.807) is 22.6 Å². The van der Waals surface area contributed by atoms with Gasteiger partial charge in [-0.05, 0) is 47.2 Å². The molecule has 1 aromatic heterocycles. The Bertz CT molecular complexity index is 436. The van der Waals surface area contributed by atoms with E-state index < -0.39 is 23.0 Å². The number of halogens is 5. The summed E-state index contributed by atoms with van der Waals surface area (Å²) in [6, 6.07) is 1.35. The van der Waals surface area contributed by atoms with Crippen LogP contribution in [0, 0.1) is 10.5 Å². The molecule has 1 aromatic rings. The van der Waals surface area contributed by atoms with Crippen molar-refractivity contribution in [3.8, 4) is 5.75 Å². The van der Waals surface area contributed by atoms with Crippen LogP contribution in [0.15, 0.2) is 6.07 Å². The lowest BCUT2D eigenvalue weighted by Gasteiger charge is -2.12. The Labute approximate surface area is 107 Å². The highest BCUT2D eigenvalue weighted by Crippen LogP contribution is 2.31. The zero-order valence-electron chi connectivity index (χ0n) is 7.73. The van der Waals surface area contributed by atoms with Crippen LogP contribution in [0.5, 0.6) is 5.75 Å². The first-order valence-corrected chi connectivity index (χ1v) is 5.29. The van der Waals surface area contributed by atoms with Crippen molar-refractivity contribution in [3.05, 3.63) is 21.0 Å². The summed E-state index contributed by atoms with van der Waals surface area (Å²) in [5.41, 5.74) is -0.161.